The van der Waals surface area contributed by atoms with E-state index in [1.807, 2.05) is 60.7 Å². The first-order valence-corrected chi connectivity index (χ1v) is 10.8. The Bertz CT molecular complexity index is 1310. The Morgan fingerprint density at radius 2 is 1.26 bits per heavy atom. The number of aromatic nitrogens is 3. The van der Waals surface area contributed by atoms with Gasteiger partial charge in [0.15, 0.2) is 5.82 Å². The number of carbonyl (C=O) groups is 2. The maximum Gasteiger partial charge on any atom is 0.412 e. The van der Waals surface area contributed by atoms with Gasteiger partial charge in [-0.25, -0.2) is 24.5 Å². The summed E-state index contributed by atoms with van der Waals surface area (Å²) in [5, 5.41) is 5.16. The summed E-state index contributed by atoms with van der Waals surface area (Å²) in [5.74, 6) is 0.255. The van der Waals surface area contributed by atoms with Crippen LogP contribution in [0.4, 0.5) is 21.2 Å². The molecule has 0 radical (unpaired) electrons. The third-order valence-corrected chi connectivity index (χ3v) is 4.75. The molecule has 2 N–H and O–H groups in total. The fraction of sp³-hybridized carbons (Fsp3) is 0.160. The highest BCUT2D eigenvalue weighted by Crippen LogP contribution is 2.33. The molecule has 0 saturated heterocycles. The van der Waals surface area contributed by atoms with Crippen LogP contribution in [0.15, 0.2) is 66.7 Å². The summed E-state index contributed by atoms with van der Waals surface area (Å²) in [6, 6.07) is 20.9. The number of benzene rings is 2. The Hall–Kier alpha value is -4.53. The summed E-state index contributed by atoms with van der Waals surface area (Å²) in [5.41, 5.74) is 3.76. The first-order chi connectivity index (χ1) is 16.6. The summed E-state index contributed by atoms with van der Waals surface area (Å²) in [6.45, 7) is 3.78. The van der Waals surface area contributed by atoms with Crippen LogP contribution < -0.4 is 10.6 Å². The normalized spacial score (nSPS) is 10.5. The van der Waals surface area contributed by atoms with Crippen LogP contribution in [0.5, 0.6) is 0 Å². The molecule has 2 aromatic carbocycles. The number of pyridine rings is 1. The van der Waals surface area contributed by atoms with Crippen molar-refractivity contribution in [3.05, 3.63) is 66.7 Å². The molecule has 9 heteroatoms. The largest absolute Gasteiger partial charge is 0.450 e. The predicted molar refractivity (Wildman–Crippen MR) is 129 cm³/mol. The molecule has 2 aromatic heterocycles. The van der Waals surface area contributed by atoms with Crippen molar-refractivity contribution in [2.75, 3.05) is 23.8 Å². The summed E-state index contributed by atoms with van der Waals surface area (Å²) in [4.78, 5) is 38.3. The minimum atomic E-state index is -0.695. The third kappa shape index (κ3) is 5.09. The Labute approximate surface area is 196 Å². The lowest BCUT2D eigenvalue weighted by Gasteiger charge is -2.14. The van der Waals surface area contributed by atoms with Crippen molar-refractivity contribution in [2.45, 2.75) is 13.8 Å². The van der Waals surface area contributed by atoms with E-state index < -0.39 is 12.2 Å². The van der Waals surface area contributed by atoms with Crippen molar-refractivity contribution in [1.82, 2.24) is 15.0 Å². The third-order valence-electron chi connectivity index (χ3n) is 4.75. The van der Waals surface area contributed by atoms with E-state index >= 15 is 0 Å². The first-order valence-electron chi connectivity index (χ1n) is 10.8. The molecule has 2 amide bonds. The molecule has 0 bridgehead atoms. The average Bonchev–Trinajstić information content (AvgIpc) is 2.84. The number of carbonyl (C=O) groups excluding carboxylic acids is 2. The topological polar surface area (TPSA) is 115 Å². The molecule has 2 heterocycles. The van der Waals surface area contributed by atoms with Crippen LogP contribution in [0.25, 0.3) is 33.5 Å². The van der Waals surface area contributed by atoms with E-state index in [4.69, 9.17) is 19.4 Å². The number of hydrogen-bond donors (Lipinski definition) is 2. The van der Waals surface area contributed by atoms with E-state index in [1.54, 1.807) is 19.9 Å². The lowest BCUT2D eigenvalue weighted by Crippen LogP contribution is -2.18. The smallest absolute Gasteiger partial charge is 0.412 e. The standard InChI is InChI=1S/C25H23N5O4/c1-3-33-24(31)28-19-15-18-22(23(27-19)30-25(32)34-4-2)29-21(17-13-9-6-10-14-17)20(26-18)16-11-7-5-8-12-16/h5-15H,3-4H2,1-2H3,(H2,27,28,30,31,32). The first kappa shape index (κ1) is 22.7. The summed E-state index contributed by atoms with van der Waals surface area (Å²) >= 11 is 0. The van der Waals surface area contributed by atoms with Crippen molar-refractivity contribution in [2.24, 2.45) is 0 Å². The van der Waals surface area contributed by atoms with Crippen molar-refractivity contribution in [1.29, 1.82) is 0 Å². The number of ether oxygens (including phenoxy) is 2. The number of anilines is 2. The molecule has 0 atom stereocenters. The van der Waals surface area contributed by atoms with Gasteiger partial charge in [-0.1, -0.05) is 60.7 Å². The van der Waals surface area contributed by atoms with Gasteiger partial charge < -0.3 is 9.47 Å². The zero-order chi connectivity index (χ0) is 23.9. The number of nitrogens with zero attached hydrogens (tertiary/aromatic N) is 3. The minimum absolute atomic E-state index is 0.104. The molecule has 9 nitrogen and oxygen atoms in total. The lowest BCUT2D eigenvalue weighted by atomic mass is 10.0. The van der Waals surface area contributed by atoms with Crippen LogP contribution in [0.2, 0.25) is 0 Å². The number of fused-ring (bicyclic) bond motifs is 1. The van der Waals surface area contributed by atoms with Gasteiger partial charge in [-0.3, -0.25) is 10.6 Å². The second kappa shape index (κ2) is 10.4. The van der Waals surface area contributed by atoms with Crippen molar-refractivity contribution < 1.29 is 19.1 Å². The van der Waals surface area contributed by atoms with Crippen LogP contribution >= 0.6 is 0 Å². The van der Waals surface area contributed by atoms with Gasteiger partial charge in [-0.05, 0) is 13.8 Å². The Balaban J connectivity index is 1.94. The summed E-state index contributed by atoms with van der Waals surface area (Å²) in [7, 11) is 0. The Morgan fingerprint density at radius 3 is 1.82 bits per heavy atom. The molecule has 4 aromatic rings. The number of amides is 2. The predicted octanol–water partition coefficient (Wildman–Crippen LogP) is 5.50. The van der Waals surface area contributed by atoms with E-state index in [-0.39, 0.29) is 24.8 Å². The van der Waals surface area contributed by atoms with Crippen LogP contribution in [-0.2, 0) is 9.47 Å². The van der Waals surface area contributed by atoms with Crippen molar-refractivity contribution in [3.8, 4) is 22.5 Å². The zero-order valence-corrected chi connectivity index (χ0v) is 18.7. The van der Waals surface area contributed by atoms with Gasteiger partial charge in [-0.15, -0.1) is 0 Å². The lowest BCUT2D eigenvalue weighted by molar-refractivity contribution is 0.167. The van der Waals surface area contributed by atoms with Crippen molar-refractivity contribution >= 4 is 34.9 Å². The maximum atomic E-state index is 12.2. The van der Waals surface area contributed by atoms with Gasteiger partial charge in [0, 0.05) is 17.2 Å². The number of hydrogen-bond acceptors (Lipinski definition) is 7. The van der Waals surface area contributed by atoms with Gasteiger partial charge in [0.25, 0.3) is 0 Å². The van der Waals surface area contributed by atoms with E-state index in [2.05, 4.69) is 15.6 Å². The molecule has 0 aliphatic heterocycles. The van der Waals surface area contributed by atoms with Crippen LogP contribution in [0.1, 0.15) is 13.8 Å². The highest BCUT2D eigenvalue weighted by atomic mass is 16.6. The molecule has 172 valence electrons. The van der Waals surface area contributed by atoms with Gasteiger partial charge in [-0.2, -0.15) is 0 Å². The molecule has 0 aliphatic rings. The molecule has 0 saturated carbocycles. The molecule has 0 fully saturated rings. The van der Waals surface area contributed by atoms with E-state index in [0.717, 1.165) is 11.1 Å². The van der Waals surface area contributed by atoms with Crippen LogP contribution in [0, 0.1) is 0 Å². The molecule has 4 rings (SSSR count). The molecule has 0 aliphatic carbocycles. The number of rotatable bonds is 6. The summed E-state index contributed by atoms with van der Waals surface area (Å²) < 4.78 is 9.96. The fourth-order valence-corrected chi connectivity index (χ4v) is 3.34. The van der Waals surface area contributed by atoms with Gasteiger partial charge in [0.05, 0.1) is 30.1 Å². The summed E-state index contributed by atoms with van der Waals surface area (Å²) in [6.07, 6.45) is -1.37. The zero-order valence-electron chi connectivity index (χ0n) is 18.7. The minimum Gasteiger partial charge on any atom is -0.450 e. The highest BCUT2D eigenvalue weighted by molar-refractivity contribution is 5.99. The van der Waals surface area contributed by atoms with Crippen LogP contribution in [-0.4, -0.2) is 40.4 Å². The Morgan fingerprint density at radius 1 is 0.735 bits per heavy atom. The van der Waals surface area contributed by atoms with Gasteiger partial charge >= 0.3 is 12.2 Å². The van der Waals surface area contributed by atoms with E-state index in [0.29, 0.717) is 22.4 Å². The molecule has 0 unspecified atom stereocenters. The molecular formula is C25H23N5O4. The van der Waals surface area contributed by atoms with Crippen LogP contribution in [0.3, 0.4) is 0 Å². The second-order valence-electron chi connectivity index (χ2n) is 7.07. The van der Waals surface area contributed by atoms with Crippen molar-refractivity contribution in [3.63, 3.8) is 0 Å². The molecular weight excluding hydrogens is 434 g/mol. The van der Waals surface area contributed by atoms with E-state index in [1.165, 1.54) is 0 Å². The van der Waals surface area contributed by atoms with Gasteiger partial charge in [0.1, 0.15) is 11.3 Å². The van der Waals surface area contributed by atoms with Gasteiger partial charge in [0.2, 0.25) is 0 Å². The molecule has 0 spiro atoms. The average molecular weight is 457 g/mol. The molecule has 34 heavy (non-hydrogen) atoms. The highest BCUT2D eigenvalue weighted by Gasteiger charge is 2.19. The monoisotopic (exact) mass is 457 g/mol. The Kier molecular flexibility index (Phi) is 6.92. The quantitative estimate of drug-likeness (QED) is 0.393. The van der Waals surface area contributed by atoms with E-state index in [9.17, 15) is 9.59 Å². The maximum absolute atomic E-state index is 12.2. The number of nitrogens with one attached hydrogen (secondary N) is 2. The second-order valence-corrected chi connectivity index (χ2v) is 7.07. The fourth-order valence-electron chi connectivity index (χ4n) is 3.34. The SMILES string of the molecule is CCOC(=O)Nc1cc2nc(-c3ccccc3)c(-c3ccccc3)nc2c(NC(=O)OCC)n1.